The zero-order valence-electron chi connectivity index (χ0n) is 19.0. The number of rotatable bonds is 9. The normalized spacial score (nSPS) is 11.6. The fourth-order valence-corrected chi connectivity index (χ4v) is 4.74. The molecular formula is C27H25FN2O3S. The average molecular weight is 477 g/mol. The summed E-state index contributed by atoms with van der Waals surface area (Å²) in [6.45, 7) is 3.03. The van der Waals surface area contributed by atoms with E-state index in [1.54, 1.807) is 20.1 Å². The number of fused-ring (bicyclic) bond motifs is 1. The fourth-order valence-electron chi connectivity index (χ4n) is 3.74. The first-order valence-corrected chi connectivity index (χ1v) is 11.7. The molecule has 34 heavy (non-hydrogen) atoms. The minimum absolute atomic E-state index is 0.271. The number of carboxylic acids is 1. The number of carboxylic acid groups (broad SMARTS) is 1. The Morgan fingerprint density at radius 2 is 1.88 bits per heavy atom. The zero-order chi connectivity index (χ0) is 24.1. The maximum absolute atomic E-state index is 14.3. The van der Waals surface area contributed by atoms with E-state index < -0.39 is 5.97 Å². The number of nitrogens with zero attached hydrogens (tertiary/aromatic N) is 2. The lowest BCUT2D eigenvalue weighted by Gasteiger charge is -2.22. The van der Waals surface area contributed by atoms with Gasteiger partial charge in [-0.2, -0.15) is 0 Å². The molecule has 1 aromatic heterocycles. The highest BCUT2D eigenvalue weighted by atomic mass is 32.1. The van der Waals surface area contributed by atoms with Crippen molar-refractivity contribution in [1.82, 2.24) is 4.98 Å². The van der Waals surface area contributed by atoms with Gasteiger partial charge in [-0.25, -0.2) is 14.2 Å². The number of carbonyl (C=O) groups is 1. The van der Waals surface area contributed by atoms with Crippen molar-refractivity contribution in [3.05, 3.63) is 95.3 Å². The summed E-state index contributed by atoms with van der Waals surface area (Å²) < 4.78 is 20.1. The zero-order valence-corrected chi connectivity index (χ0v) is 19.8. The Labute approximate surface area is 201 Å². The van der Waals surface area contributed by atoms with Gasteiger partial charge in [0.2, 0.25) is 0 Å². The molecule has 3 aromatic carbocycles. The highest BCUT2D eigenvalue weighted by molar-refractivity contribution is 7.22. The van der Waals surface area contributed by atoms with E-state index in [4.69, 9.17) is 14.8 Å². The Morgan fingerprint density at radius 1 is 1.12 bits per heavy atom. The first-order valence-electron chi connectivity index (χ1n) is 10.9. The lowest BCUT2D eigenvalue weighted by Crippen LogP contribution is -2.25. The largest absolute Gasteiger partial charge is 0.497 e. The maximum atomic E-state index is 14.3. The molecule has 4 rings (SSSR count). The second kappa shape index (κ2) is 10.5. The number of allylic oxidation sites excluding steroid dienone is 1. The lowest BCUT2D eigenvalue weighted by molar-refractivity contribution is -0.131. The Hall–Kier alpha value is -3.71. The molecule has 0 unspecified atom stereocenters. The molecule has 5 nitrogen and oxygen atoms in total. The number of hydrogen-bond donors (Lipinski definition) is 1. The van der Waals surface area contributed by atoms with E-state index in [0.717, 1.165) is 34.0 Å². The Morgan fingerprint density at radius 3 is 2.59 bits per heavy atom. The topological polar surface area (TPSA) is 62.7 Å². The van der Waals surface area contributed by atoms with Crippen molar-refractivity contribution < 1.29 is 19.0 Å². The van der Waals surface area contributed by atoms with Crippen molar-refractivity contribution in [3.63, 3.8) is 0 Å². The van der Waals surface area contributed by atoms with Crippen LogP contribution < -0.4 is 9.64 Å². The maximum Gasteiger partial charge on any atom is 0.328 e. The molecule has 7 heteroatoms. The van der Waals surface area contributed by atoms with Gasteiger partial charge in [0.15, 0.2) is 5.13 Å². The standard InChI is InChI=1S/C27H25FN2O3S/c1-18(15-25(31)32)21-6-3-5-20(16-21)17-30(14-13-19-9-11-22(33-2)12-10-19)27-29-24-8-4-7-23(28)26(24)34-27/h3-12,15-16H,13-14,17H2,1-2H3,(H,31,32)/b18-15+. The number of anilines is 1. The van der Waals surface area contributed by atoms with Gasteiger partial charge in [0.05, 0.1) is 17.3 Å². The van der Waals surface area contributed by atoms with E-state index in [1.807, 2.05) is 54.6 Å². The summed E-state index contributed by atoms with van der Waals surface area (Å²) in [6, 6.07) is 20.7. The summed E-state index contributed by atoms with van der Waals surface area (Å²) in [5.74, 6) is -0.433. The van der Waals surface area contributed by atoms with Gasteiger partial charge in [0.25, 0.3) is 0 Å². The van der Waals surface area contributed by atoms with Gasteiger partial charge in [-0.3, -0.25) is 0 Å². The van der Waals surface area contributed by atoms with Gasteiger partial charge in [-0.1, -0.05) is 47.7 Å². The molecule has 0 radical (unpaired) electrons. The number of thiazole rings is 1. The first kappa shape index (κ1) is 23.4. The molecule has 0 spiro atoms. The fraction of sp³-hybridized carbons (Fsp3) is 0.185. The first-order chi connectivity index (χ1) is 16.4. The van der Waals surface area contributed by atoms with E-state index in [-0.39, 0.29) is 5.82 Å². The monoisotopic (exact) mass is 476 g/mol. The van der Waals surface area contributed by atoms with E-state index in [1.165, 1.54) is 23.5 Å². The summed E-state index contributed by atoms with van der Waals surface area (Å²) in [5, 5.41) is 9.83. The van der Waals surface area contributed by atoms with Crippen LogP contribution in [0.5, 0.6) is 5.75 Å². The number of halogens is 1. The Kier molecular flexibility index (Phi) is 7.23. The molecule has 0 aliphatic carbocycles. The second-order valence-electron chi connectivity index (χ2n) is 7.97. The number of ether oxygens (including phenoxy) is 1. The molecule has 0 saturated carbocycles. The van der Waals surface area contributed by atoms with Gasteiger partial charge in [-0.15, -0.1) is 0 Å². The summed E-state index contributed by atoms with van der Waals surface area (Å²) in [4.78, 5) is 17.9. The van der Waals surface area contributed by atoms with E-state index in [2.05, 4.69) is 4.90 Å². The minimum Gasteiger partial charge on any atom is -0.497 e. The van der Waals surface area contributed by atoms with Crippen LogP contribution in [0.15, 0.2) is 72.8 Å². The molecule has 0 fully saturated rings. The summed E-state index contributed by atoms with van der Waals surface area (Å²) in [7, 11) is 1.64. The Balaban J connectivity index is 1.63. The molecule has 0 atom stereocenters. The van der Waals surface area contributed by atoms with E-state index in [9.17, 15) is 9.18 Å². The van der Waals surface area contributed by atoms with Crippen molar-refractivity contribution in [2.24, 2.45) is 0 Å². The van der Waals surface area contributed by atoms with Crippen LogP contribution in [0.3, 0.4) is 0 Å². The van der Waals surface area contributed by atoms with Gasteiger partial charge in [0, 0.05) is 19.2 Å². The molecule has 0 amide bonds. The van der Waals surface area contributed by atoms with Crippen LogP contribution >= 0.6 is 11.3 Å². The molecule has 0 saturated heterocycles. The van der Waals surface area contributed by atoms with Crippen molar-refractivity contribution in [3.8, 4) is 5.75 Å². The van der Waals surface area contributed by atoms with Crippen molar-refractivity contribution in [2.75, 3.05) is 18.6 Å². The third-order valence-electron chi connectivity index (χ3n) is 5.55. The molecular weight excluding hydrogens is 451 g/mol. The number of aromatic nitrogens is 1. The molecule has 0 aliphatic rings. The second-order valence-corrected chi connectivity index (χ2v) is 8.95. The van der Waals surface area contributed by atoms with Gasteiger partial charge in [-0.05, 0) is 65.9 Å². The molecule has 174 valence electrons. The van der Waals surface area contributed by atoms with Crippen LogP contribution in [-0.2, 0) is 17.8 Å². The van der Waals surface area contributed by atoms with Crippen LogP contribution in [0, 0.1) is 5.82 Å². The summed E-state index contributed by atoms with van der Waals surface area (Å²) >= 11 is 1.34. The Bertz CT molecular complexity index is 1330. The van der Waals surface area contributed by atoms with Gasteiger partial charge >= 0.3 is 5.97 Å². The molecule has 4 aromatic rings. The number of aliphatic carboxylic acids is 1. The van der Waals surface area contributed by atoms with Gasteiger partial charge in [0.1, 0.15) is 11.6 Å². The SMILES string of the molecule is COc1ccc(CCN(Cc2cccc(/C(C)=C/C(=O)O)c2)c2nc3cccc(F)c3s2)cc1. The van der Waals surface area contributed by atoms with Crippen LogP contribution in [0.2, 0.25) is 0 Å². The third-order valence-corrected chi connectivity index (χ3v) is 6.69. The van der Waals surface area contributed by atoms with Crippen LogP contribution in [-0.4, -0.2) is 29.7 Å². The number of hydrogen-bond acceptors (Lipinski definition) is 5. The molecule has 0 bridgehead atoms. The van der Waals surface area contributed by atoms with E-state index in [0.29, 0.717) is 28.9 Å². The molecule has 1 heterocycles. The summed E-state index contributed by atoms with van der Waals surface area (Å²) in [6.07, 6.45) is 1.98. The smallest absolute Gasteiger partial charge is 0.328 e. The van der Waals surface area contributed by atoms with Crippen molar-refractivity contribution in [1.29, 1.82) is 0 Å². The number of benzene rings is 3. The summed E-state index contributed by atoms with van der Waals surface area (Å²) in [5.41, 5.74) is 4.35. The minimum atomic E-state index is -0.972. The van der Waals surface area contributed by atoms with Crippen molar-refractivity contribution >= 4 is 38.2 Å². The predicted molar refractivity (Wildman–Crippen MR) is 135 cm³/mol. The van der Waals surface area contributed by atoms with Crippen LogP contribution in [0.25, 0.3) is 15.8 Å². The molecule has 1 N–H and O–H groups in total. The highest BCUT2D eigenvalue weighted by Gasteiger charge is 2.16. The number of methoxy groups -OCH3 is 1. The van der Waals surface area contributed by atoms with Gasteiger partial charge < -0.3 is 14.7 Å². The van der Waals surface area contributed by atoms with Crippen LogP contribution in [0.1, 0.15) is 23.6 Å². The average Bonchev–Trinajstić information content (AvgIpc) is 3.27. The quantitative estimate of drug-likeness (QED) is 0.292. The highest BCUT2D eigenvalue weighted by Crippen LogP contribution is 2.32. The third kappa shape index (κ3) is 5.61. The van der Waals surface area contributed by atoms with Crippen LogP contribution in [0.4, 0.5) is 9.52 Å². The predicted octanol–water partition coefficient (Wildman–Crippen LogP) is 6.18. The van der Waals surface area contributed by atoms with E-state index >= 15 is 0 Å². The van der Waals surface area contributed by atoms with Crippen molar-refractivity contribution in [2.45, 2.75) is 19.9 Å². The molecule has 0 aliphatic heterocycles. The lowest BCUT2D eigenvalue weighted by atomic mass is 10.0.